The standard InChI is InChI=1S/C44H68N2O/c1-4-7-10-13-16-17-18-19-20-23-28-38-37-43(41-29-24-25-30-42(41)44(38)47)45-39-31-33-40(34-32-39)46(35-26-21-14-11-8-5-2)36-27-22-15-12-9-6-3/h23-25,28-34,37,45,47H,4-22,26-27,35-36H2,1-3H3/b28-23+. The van der Waals surface area contributed by atoms with Crippen molar-refractivity contribution in [1.82, 2.24) is 0 Å². The van der Waals surface area contributed by atoms with Crippen LogP contribution in [0.15, 0.2) is 60.7 Å². The topological polar surface area (TPSA) is 35.5 Å². The lowest BCUT2D eigenvalue weighted by Crippen LogP contribution is -2.25. The van der Waals surface area contributed by atoms with Crippen LogP contribution in [0.2, 0.25) is 0 Å². The number of rotatable bonds is 27. The number of fused-ring (bicyclic) bond motifs is 1. The Hall–Kier alpha value is -2.94. The molecule has 3 nitrogen and oxygen atoms in total. The van der Waals surface area contributed by atoms with Crippen LogP contribution in [0.3, 0.4) is 0 Å². The highest BCUT2D eigenvalue weighted by Crippen LogP contribution is 2.37. The second-order valence-corrected chi connectivity index (χ2v) is 13.8. The molecule has 260 valence electrons. The number of anilines is 3. The lowest BCUT2D eigenvalue weighted by atomic mass is 10.0. The molecule has 0 atom stereocenters. The van der Waals surface area contributed by atoms with Gasteiger partial charge >= 0.3 is 0 Å². The van der Waals surface area contributed by atoms with E-state index in [0.29, 0.717) is 5.75 Å². The van der Waals surface area contributed by atoms with Crippen molar-refractivity contribution >= 4 is 33.9 Å². The van der Waals surface area contributed by atoms with Crippen molar-refractivity contribution in [2.45, 2.75) is 156 Å². The number of nitrogens with one attached hydrogen (secondary N) is 1. The number of phenolic OH excluding ortho intramolecular Hbond substituents is 1. The van der Waals surface area contributed by atoms with E-state index in [0.717, 1.165) is 47.2 Å². The van der Waals surface area contributed by atoms with Gasteiger partial charge in [-0.2, -0.15) is 0 Å². The van der Waals surface area contributed by atoms with Crippen LogP contribution >= 0.6 is 0 Å². The summed E-state index contributed by atoms with van der Waals surface area (Å²) in [6, 6.07) is 19.3. The fraction of sp³-hybridized carbons (Fsp3) is 0.591. The molecule has 0 unspecified atom stereocenters. The van der Waals surface area contributed by atoms with E-state index in [1.54, 1.807) is 0 Å². The third-order valence-corrected chi connectivity index (χ3v) is 9.64. The van der Waals surface area contributed by atoms with Crippen molar-refractivity contribution in [3.63, 3.8) is 0 Å². The quantitative estimate of drug-likeness (QED) is 0.0643. The van der Waals surface area contributed by atoms with Gasteiger partial charge in [0.15, 0.2) is 0 Å². The first kappa shape index (κ1) is 38.5. The van der Waals surface area contributed by atoms with Crippen molar-refractivity contribution in [2.24, 2.45) is 0 Å². The summed E-state index contributed by atoms with van der Waals surface area (Å²) in [5.74, 6) is 0.369. The molecule has 3 rings (SSSR count). The zero-order chi connectivity index (χ0) is 33.4. The monoisotopic (exact) mass is 641 g/mol. The Morgan fingerprint density at radius 3 is 1.62 bits per heavy atom. The minimum atomic E-state index is 0.369. The van der Waals surface area contributed by atoms with Crippen LogP contribution in [0.25, 0.3) is 16.8 Å². The Labute approximate surface area is 289 Å². The van der Waals surface area contributed by atoms with Gasteiger partial charge in [-0.15, -0.1) is 0 Å². The van der Waals surface area contributed by atoms with Gasteiger partial charge < -0.3 is 15.3 Å². The molecule has 0 radical (unpaired) electrons. The zero-order valence-corrected chi connectivity index (χ0v) is 30.5. The first-order valence-electron chi connectivity index (χ1n) is 19.7. The summed E-state index contributed by atoms with van der Waals surface area (Å²) in [6.45, 7) is 9.15. The molecular weight excluding hydrogens is 572 g/mol. The molecule has 0 aliphatic rings. The van der Waals surface area contributed by atoms with E-state index in [1.807, 2.05) is 12.1 Å². The minimum Gasteiger partial charge on any atom is -0.507 e. The van der Waals surface area contributed by atoms with Gasteiger partial charge in [0.05, 0.1) is 0 Å². The number of unbranched alkanes of at least 4 members (excludes halogenated alkanes) is 18. The van der Waals surface area contributed by atoms with E-state index < -0.39 is 0 Å². The second-order valence-electron chi connectivity index (χ2n) is 13.8. The van der Waals surface area contributed by atoms with Crippen LogP contribution in [0.5, 0.6) is 5.75 Å². The summed E-state index contributed by atoms with van der Waals surface area (Å²) < 4.78 is 0. The molecule has 0 amide bonds. The Bertz CT molecular complexity index is 1230. The minimum absolute atomic E-state index is 0.369. The van der Waals surface area contributed by atoms with Gasteiger partial charge in [-0.25, -0.2) is 0 Å². The van der Waals surface area contributed by atoms with Crippen LogP contribution in [0.1, 0.15) is 161 Å². The number of phenols is 1. The predicted molar refractivity (Wildman–Crippen MR) is 211 cm³/mol. The molecule has 0 spiro atoms. The van der Waals surface area contributed by atoms with Crippen molar-refractivity contribution < 1.29 is 5.11 Å². The van der Waals surface area contributed by atoms with E-state index in [2.05, 4.69) is 85.6 Å². The highest BCUT2D eigenvalue weighted by Gasteiger charge is 2.11. The fourth-order valence-corrected chi connectivity index (χ4v) is 6.67. The number of hydrogen-bond acceptors (Lipinski definition) is 3. The van der Waals surface area contributed by atoms with Crippen LogP contribution in [-0.2, 0) is 0 Å². The molecule has 3 aromatic rings. The Balaban J connectivity index is 1.63. The SMILES string of the molecule is CCCCCCCCCC/C=C/c1cc(Nc2ccc(N(CCCCCCCC)CCCCCCCC)cc2)c2ccccc2c1O. The van der Waals surface area contributed by atoms with E-state index >= 15 is 0 Å². The number of nitrogens with zero attached hydrogens (tertiary/aromatic N) is 1. The summed E-state index contributed by atoms with van der Waals surface area (Å²) in [4.78, 5) is 2.62. The maximum atomic E-state index is 11.2. The lowest BCUT2D eigenvalue weighted by molar-refractivity contribution is 0.480. The molecule has 47 heavy (non-hydrogen) atoms. The molecule has 3 aromatic carbocycles. The maximum Gasteiger partial charge on any atom is 0.130 e. The molecule has 0 fully saturated rings. The number of benzene rings is 3. The Morgan fingerprint density at radius 2 is 1.06 bits per heavy atom. The van der Waals surface area contributed by atoms with Gasteiger partial charge in [-0.3, -0.25) is 0 Å². The first-order valence-corrected chi connectivity index (χ1v) is 19.7. The smallest absolute Gasteiger partial charge is 0.130 e. The van der Waals surface area contributed by atoms with Crippen LogP contribution in [0.4, 0.5) is 17.1 Å². The van der Waals surface area contributed by atoms with Gasteiger partial charge in [0, 0.05) is 46.5 Å². The van der Waals surface area contributed by atoms with E-state index in [4.69, 9.17) is 0 Å². The van der Waals surface area contributed by atoms with E-state index in [-0.39, 0.29) is 0 Å². The fourth-order valence-electron chi connectivity index (χ4n) is 6.67. The molecule has 3 heteroatoms. The average molecular weight is 641 g/mol. The van der Waals surface area contributed by atoms with Gasteiger partial charge in [-0.1, -0.05) is 166 Å². The molecular formula is C44H68N2O. The number of aromatic hydroxyl groups is 1. The van der Waals surface area contributed by atoms with Crippen LogP contribution in [0, 0.1) is 0 Å². The van der Waals surface area contributed by atoms with Crippen molar-refractivity contribution in [2.75, 3.05) is 23.3 Å². The van der Waals surface area contributed by atoms with Gasteiger partial charge in [0.25, 0.3) is 0 Å². The third kappa shape index (κ3) is 14.8. The van der Waals surface area contributed by atoms with Crippen molar-refractivity contribution in [3.8, 4) is 5.75 Å². The van der Waals surface area contributed by atoms with Gasteiger partial charge in [-0.05, 0) is 56.0 Å². The zero-order valence-electron chi connectivity index (χ0n) is 30.5. The lowest BCUT2D eigenvalue weighted by Gasteiger charge is -2.25. The predicted octanol–water partition coefficient (Wildman–Crippen LogP) is 14.4. The summed E-state index contributed by atoms with van der Waals surface area (Å²) >= 11 is 0. The highest BCUT2D eigenvalue weighted by atomic mass is 16.3. The number of hydrogen-bond donors (Lipinski definition) is 2. The molecule has 0 aliphatic heterocycles. The molecule has 0 aromatic heterocycles. The maximum absolute atomic E-state index is 11.2. The Kier molecular flexibility index (Phi) is 19.9. The molecule has 0 bridgehead atoms. The van der Waals surface area contributed by atoms with E-state index in [9.17, 15) is 5.11 Å². The summed E-state index contributed by atoms with van der Waals surface area (Å²) in [5, 5.41) is 16.8. The number of allylic oxidation sites excluding steroid dienone is 1. The largest absolute Gasteiger partial charge is 0.507 e. The summed E-state index contributed by atoms with van der Waals surface area (Å²) in [7, 11) is 0. The summed E-state index contributed by atoms with van der Waals surface area (Å²) in [5.41, 5.74) is 4.33. The van der Waals surface area contributed by atoms with Gasteiger partial charge in [0.2, 0.25) is 0 Å². The molecule has 0 heterocycles. The highest BCUT2D eigenvalue weighted by molar-refractivity contribution is 6.01. The van der Waals surface area contributed by atoms with Crippen molar-refractivity contribution in [1.29, 1.82) is 0 Å². The Morgan fingerprint density at radius 1 is 0.574 bits per heavy atom. The van der Waals surface area contributed by atoms with E-state index in [1.165, 1.54) is 134 Å². The third-order valence-electron chi connectivity index (χ3n) is 9.64. The molecule has 0 aliphatic carbocycles. The van der Waals surface area contributed by atoms with Gasteiger partial charge in [0.1, 0.15) is 5.75 Å². The normalized spacial score (nSPS) is 11.6. The molecule has 0 saturated carbocycles. The van der Waals surface area contributed by atoms with Crippen LogP contribution < -0.4 is 10.2 Å². The first-order chi connectivity index (χ1) is 23.2. The molecule has 2 N–H and O–H groups in total. The van der Waals surface area contributed by atoms with Crippen molar-refractivity contribution in [3.05, 3.63) is 66.2 Å². The molecule has 0 saturated heterocycles. The average Bonchev–Trinajstić information content (AvgIpc) is 3.10. The second kappa shape index (κ2) is 24.2. The summed E-state index contributed by atoms with van der Waals surface area (Å²) in [6.07, 6.45) is 32.1. The van der Waals surface area contributed by atoms with Crippen LogP contribution in [-0.4, -0.2) is 18.2 Å².